The number of carbonyl (C=O) groups excluding carboxylic acids is 1. The maximum absolute atomic E-state index is 11.3. The molecule has 0 heterocycles. The molecule has 0 aromatic heterocycles. The zero-order chi connectivity index (χ0) is 11.8. The largest absolute Gasteiger partial charge is 0.378 e. The van der Waals surface area contributed by atoms with E-state index in [9.17, 15) is 4.79 Å². The molecule has 4 nitrogen and oxygen atoms in total. The van der Waals surface area contributed by atoms with Gasteiger partial charge in [0.25, 0.3) is 0 Å². The Kier molecular flexibility index (Phi) is 6.42. The molecule has 1 amide bonds. The Morgan fingerprint density at radius 3 is 2.69 bits per heavy atom. The zero-order valence-electron chi connectivity index (χ0n) is 10.4. The lowest BCUT2D eigenvalue weighted by Crippen LogP contribution is -2.46. The van der Waals surface area contributed by atoms with Crippen LogP contribution in [0.25, 0.3) is 0 Å². The number of hydrogen-bond donors (Lipinski definition) is 2. The van der Waals surface area contributed by atoms with Gasteiger partial charge in [0.15, 0.2) is 0 Å². The van der Waals surface area contributed by atoms with Crippen molar-refractivity contribution in [2.24, 2.45) is 0 Å². The molecule has 0 aliphatic heterocycles. The summed E-state index contributed by atoms with van der Waals surface area (Å²) in [5, 5.41) is 6.24. The zero-order valence-corrected chi connectivity index (χ0v) is 10.4. The highest BCUT2D eigenvalue weighted by Gasteiger charge is 2.28. The lowest BCUT2D eigenvalue weighted by Gasteiger charge is -2.35. The van der Waals surface area contributed by atoms with Crippen LogP contribution in [-0.4, -0.2) is 37.7 Å². The normalized spacial score (nSPS) is 23.9. The van der Waals surface area contributed by atoms with Gasteiger partial charge in [-0.15, -0.1) is 0 Å². The highest BCUT2D eigenvalue weighted by molar-refractivity contribution is 5.75. The van der Waals surface area contributed by atoms with E-state index in [2.05, 4.69) is 17.6 Å². The maximum Gasteiger partial charge on any atom is 0.221 e. The highest BCUT2D eigenvalue weighted by Crippen LogP contribution is 2.22. The molecule has 0 spiro atoms. The first-order chi connectivity index (χ1) is 7.76. The van der Waals surface area contributed by atoms with Crippen LogP contribution in [0.15, 0.2) is 0 Å². The van der Waals surface area contributed by atoms with Crippen LogP contribution in [0.3, 0.4) is 0 Å². The van der Waals surface area contributed by atoms with Gasteiger partial charge >= 0.3 is 0 Å². The van der Waals surface area contributed by atoms with E-state index in [1.165, 1.54) is 0 Å². The van der Waals surface area contributed by atoms with Crippen molar-refractivity contribution < 1.29 is 9.53 Å². The average molecular weight is 228 g/mol. The summed E-state index contributed by atoms with van der Waals surface area (Å²) in [6.07, 6.45) is 4.19. The van der Waals surface area contributed by atoms with Gasteiger partial charge in [-0.1, -0.05) is 6.92 Å². The van der Waals surface area contributed by atoms with Crippen molar-refractivity contribution in [3.63, 3.8) is 0 Å². The lowest BCUT2D eigenvalue weighted by atomic mass is 9.89. The Labute approximate surface area is 98.1 Å². The third kappa shape index (κ3) is 4.94. The smallest absolute Gasteiger partial charge is 0.221 e. The fourth-order valence-electron chi connectivity index (χ4n) is 1.85. The number of carbonyl (C=O) groups is 1. The predicted octanol–water partition coefficient (Wildman–Crippen LogP) is 1.06. The van der Waals surface area contributed by atoms with Gasteiger partial charge < -0.3 is 15.4 Å². The maximum atomic E-state index is 11.3. The van der Waals surface area contributed by atoms with E-state index in [1.807, 2.05) is 6.92 Å². The van der Waals surface area contributed by atoms with Crippen LogP contribution in [0.2, 0.25) is 0 Å². The molecule has 0 aromatic carbocycles. The van der Waals surface area contributed by atoms with Crippen LogP contribution in [0.1, 0.15) is 39.5 Å². The van der Waals surface area contributed by atoms with E-state index in [0.717, 1.165) is 39.0 Å². The van der Waals surface area contributed by atoms with Crippen LogP contribution in [0, 0.1) is 0 Å². The first kappa shape index (κ1) is 13.5. The Bertz CT molecular complexity index is 203. The summed E-state index contributed by atoms with van der Waals surface area (Å²) in [6, 6.07) is 0.551. The molecule has 1 fully saturated rings. The summed E-state index contributed by atoms with van der Waals surface area (Å²) in [5.74, 6) is 0.148. The molecule has 1 aliphatic rings. The minimum atomic E-state index is 0.148. The summed E-state index contributed by atoms with van der Waals surface area (Å²) in [7, 11) is 0. The molecule has 0 bridgehead atoms. The van der Waals surface area contributed by atoms with Crippen molar-refractivity contribution in [3.8, 4) is 0 Å². The molecule has 0 unspecified atom stereocenters. The van der Waals surface area contributed by atoms with E-state index in [0.29, 0.717) is 18.6 Å². The number of ether oxygens (including phenoxy) is 1. The quantitative estimate of drug-likeness (QED) is 0.653. The van der Waals surface area contributed by atoms with Crippen LogP contribution < -0.4 is 10.6 Å². The highest BCUT2D eigenvalue weighted by atomic mass is 16.5. The monoisotopic (exact) mass is 228 g/mol. The summed E-state index contributed by atoms with van der Waals surface area (Å²) in [5.41, 5.74) is 0. The van der Waals surface area contributed by atoms with Crippen LogP contribution in [0.5, 0.6) is 0 Å². The van der Waals surface area contributed by atoms with E-state index in [-0.39, 0.29) is 5.91 Å². The van der Waals surface area contributed by atoms with Crippen molar-refractivity contribution in [1.82, 2.24) is 10.6 Å². The molecule has 94 valence electrons. The number of rotatable bonds is 8. The first-order valence-corrected chi connectivity index (χ1v) is 6.38. The minimum absolute atomic E-state index is 0.148. The van der Waals surface area contributed by atoms with Crippen LogP contribution in [-0.2, 0) is 9.53 Å². The SMILES string of the molecule is CCCNC(=O)CCNC1CC(OCC)C1. The van der Waals surface area contributed by atoms with Gasteiger partial charge in [0.05, 0.1) is 6.10 Å². The average Bonchev–Trinajstić information content (AvgIpc) is 2.22. The van der Waals surface area contributed by atoms with Crippen LogP contribution >= 0.6 is 0 Å². The third-order valence-corrected chi connectivity index (χ3v) is 2.85. The molecule has 1 aliphatic carbocycles. The fourth-order valence-corrected chi connectivity index (χ4v) is 1.85. The second kappa shape index (κ2) is 7.63. The molecule has 1 rings (SSSR count). The van der Waals surface area contributed by atoms with E-state index < -0.39 is 0 Å². The summed E-state index contributed by atoms with van der Waals surface area (Å²) >= 11 is 0. The molecule has 0 aromatic rings. The number of hydrogen-bond acceptors (Lipinski definition) is 3. The van der Waals surface area contributed by atoms with Gasteiger partial charge in [-0.2, -0.15) is 0 Å². The minimum Gasteiger partial charge on any atom is -0.378 e. The van der Waals surface area contributed by atoms with Gasteiger partial charge in [-0.25, -0.2) is 0 Å². The Hall–Kier alpha value is -0.610. The van der Waals surface area contributed by atoms with E-state index in [4.69, 9.17) is 4.74 Å². The van der Waals surface area contributed by atoms with Crippen molar-refractivity contribution in [2.45, 2.75) is 51.7 Å². The molecule has 0 saturated heterocycles. The van der Waals surface area contributed by atoms with Crippen molar-refractivity contribution in [1.29, 1.82) is 0 Å². The van der Waals surface area contributed by atoms with Gasteiger partial charge in [-0.3, -0.25) is 4.79 Å². The van der Waals surface area contributed by atoms with Crippen molar-refractivity contribution >= 4 is 5.91 Å². The van der Waals surface area contributed by atoms with Crippen LogP contribution in [0.4, 0.5) is 0 Å². The first-order valence-electron chi connectivity index (χ1n) is 6.38. The van der Waals surface area contributed by atoms with Gasteiger partial charge in [0.1, 0.15) is 0 Å². The third-order valence-electron chi connectivity index (χ3n) is 2.85. The number of amides is 1. The van der Waals surface area contributed by atoms with Gasteiger partial charge in [0, 0.05) is 32.2 Å². The molecule has 0 radical (unpaired) electrons. The molecule has 16 heavy (non-hydrogen) atoms. The Morgan fingerprint density at radius 1 is 1.31 bits per heavy atom. The molecule has 0 atom stereocenters. The van der Waals surface area contributed by atoms with E-state index in [1.54, 1.807) is 0 Å². The number of nitrogens with one attached hydrogen (secondary N) is 2. The second-order valence-electron chi connectivity index (χ2n) is 4.30. The standard InChI is InChI=1S/C12H24N2O2/c1-3-6-14-12(15)5-7-13-10-8-11(9-10)16-4-2/h10-11,13H,3-9H2,1-2H3,(H,14,15). The Morgan fingerprint density at radius 2 is 2.06 bits per heavy atom. The van der Waals surface area contributed by atoms with Gasteiger partial charge in [-0.05, 0) is 26.2 Å². The predicted molar refractivity (Wildman–Crippen MR) is 64.4 cm³/mol. The van der Waals surface area contributed by atoms with E-state index >= 15 is 0 Å². The van der Waals surface area contributed by atoms with Crippen molar-refractivity contribution in [3.05, 3.63) is 0 Å². The topological polar surface area (TPSA) is 50.4 Å². The van der Waals surface area contributed by atoms with Crippen molar-refractivity contribution in [2.75, 3.05) is 19.7 Å². The molecular formula is C12H24N2O2. The lowest BCUT2D eigenvalue weighted by molar-refractivity contribution is -0.121. The molecular weight excluding hydrogens is 204 g/mol. The molecule has 4 heteroatoms. The molecule has 2 N–H and O–H groups in total. The summed E-state index contributed by atoms with van der Waals surface area (Å²) < 4.78 is 5.47. The molecule has 1 saturated carbocycles. The second-order valence-corrected chi connectivity index (χ2v) is 4.30. The fraction of sp³-hybridized carbons (Fsp3) is 0.917. The summed E-state index contributed by atoms with van der Waals surface area (Å²) in [6.45, 7) is 6.45. The summed E-state index contributed by atoms with van der Waals surface area (Å²) in [4.78, 5) is 11.3. The Balaban J connectivity index is 1.91. The van der Waals surface area contributed by atoms with Gasteiger partial charge in [0.2, 0.25) is 5.91 Å².